The summed E-state index contributed by atoms with van der Waals surface area (Å²) < 4.78 is 69.4. The maximum absolute atomic E-state index is 13.9. The summed E-state index contributed by atoms with van der Waals surface area (Å²) in [6.45, 7) is 0. The summed E-state index contributed by atoms with van der Waals surface area (Å²) in [6.07, 6.45) is -5.13. The average molecular weight is 393 g/mol. The number of halogens is 5. The van der Waals surface area contributed by atoms with E-state index in [0.29, 0.717) is 5.56 Å². The molecule has 5 nitrogen and oxygen atoms in total. The normalized spacial score (nSPS) is 11.3. The van der Waals surface area contributed by atoms with Gasteiger partial charge >= 0.3 is 12.1 Å². The van der Waals surface area contributed by atoms with Crippen molar-refractivity contribution in [2.24, 2.45) is 0 Å². The molecule has 0 saturated carbocycles. The molecule has 2 aromatic carbocycles. The van der Waals surface area contributed by atoms with E-state index in [0.717, 1.165) is 12.1 Å². The van der Waals surface area contributed by atoms with Crippen LogP contribution in [0.4, 0.5) is 22.0 Å². The zero-order valence-electron chi connectivity index (χ0n) is 13.7. The molecule has 0 amide bonds. The minimum absolute atomic E-state index is 0.200. The van der Waals surface area contributed by atoms with Gasteiger partial charge < -0.3 is 4.52 Å². The molecule has 0 unspecified atom stereocenters. The van der Waals surface area contributed by atoms with Gasteiger partial charge in [0.1, 0.15) is 11.6 Å². The quantitative estimate of drug-likeness (QED) is 0.487. The number of rotatable bonds is 4. The van der Waals surface area contributed by atoms with E-state index in [1.54, 1.807) is 6.07 Å². The first-order chi connectivity index (χ1) is 13.2. The van der Waals surface area contributed by atoms with Crippen molar-refractivity contribution < 1.29 is 31.3 Å². The Kier molecular flexibility index (Phi) is 4.92. The van der Waals surface area contributed by atoms with E-state index in [-0.39, 0.29) is 23.4 Å². The highest BCUT2D eigenvalue weighted by atomic mass is 19.4. The van der Waals surface area contributed by atoms with Gasteiger partial charge in [-0.15, -0.1) is 0 Å². The SMILES string of the molecule is N#Cc1cc(F)c(C(=O)Cc2ccc(-c3noc(C(F)(F)F)n3)cc2)c(F)c1. The van der Waals surface area contributed by atoms with Crippen LogP contribution in [0, 0.1) is 23.0 Å². The number of benzene rings is 2. The first-order valence-electron chi connectivity index (χ1n) is 7.61. The molecule has 0 bridgehead atoms. The summed E-state index contributed by atoms with van der Waals surface area (Å²) in [5.74, 6) is -4.94. The van der Waals surface area contributed by atoms with Crippen LogP contribution in [-0.2, 0) is 12.6 Å². The van der Waals surface area contributed by atoms with Crippen molar-refractivity contribution in [3.05, 3.63) is 70.6 Å². The Bertz CT molecular complexity index is 1060. The zero-order valence-corrected chi connectivity index (χ0v) is 13.7. The summed E-state index contributed by atoms with van der Waals surface area (Å²) in [7, 11) is 0. The van der Waals surface area contributed by atoms with E-state index >= 15 is 0 Å². The van der Waals surface area contributed by atoms with E-state index in [9.17, 15) is 26.7 Å². The summed E-state index contributed by atoms with van der Waals surface area (Å²) >= 11 is 0. The van der Waals surface area contributed by atoms with E-state index in [1.165, 1.54) is 24.3 Å². The van der Waals surface area contributed by atoms with Gasteiger partial charge in [0.25, 0.3) is 0 Å². The van der Waals surface area contributed by atoms with Gasteiger partial charge in [-0.25, -0.2) is 8.78 Å². The lowest BCUT2D eigenvalue weighted by Gasteiger charge is -2.06. The van der Waals surface area contributed by atoms with Crippen LogP contribution < -0.4 is 0 Å². The lowest BCUT2D eigenvalue weighted by Crippen LogP contribution is -2.09. The van der Waals surface area contributed by atoms with Crippen LogP contribution >= 0.6 is 0 Å². The second-order valence-electron chi connectivity index (χ2n) is 5.64. The molecule has 0 aliphatic rings. The third-order valence-corrected chi connectivity index (χ3v) is 3.70. The number of Topliss-reactive ketones (excluding diaryl/α,β-unsaturated/α-hetero) is 1. The molecule has 0 N–H and O–H groups in total. The van der Waals surface area contributed by atoms with E-state index in [4.69, 9.17) is 5.26 Å². The summed E-state index contributed by atoms with van der Waals surface area (Å²) in [5.41, 5.74) is -0.465. The second kappa shape index (κ2) is 7.19. The van der Waals surface area contributed by atoms with Crippen molar-refractivity contribution >= 4 is 5.78 Å². The van der Waals surface area contributed by atoms with Crippen LogP contribution in [0.25, 0.3) is 11.4 Å². The number of hydrogen-bond donors (Lipinski definition) is 0. The number of alkyl halides is 3. The minimum atomic E-state index is -4.77. The van der Waals surface area contributed by atoms with Crippen molar-refractivity contribution in [3.8, 4) is 17.5 Å². The van der Waals surface area contributed by atoms with E-state index in [1.807, 2.05) is 0 Å². The summed E-state index contributed by atoms with van der Waals surface area (Å²) in [4.78, 5) is 15.4. The Balaban J connectivity index is 1.79. The van der Waals surface area contributed by atoms with Gasteiger partial charge in [0.05, 0.1) is 17.2 Å². The number of nitrogens with zero attached hydrogens (tertiary/aromatic N) is 3. The molecule has 0 radical (unpaired) electrons. The van der Waals surface area contributed by atoms with Crippen LogP contribution in [0.2, 0.25) is 0 Å². The third kappa shape index (κ3) is 3.88. The fourth-order valence-corrected chi connectivity index (χ4v) is 2.41. The van der Waals surface area contributed by atoms with Crippen LogP contribution in [0.3, 0.4) is 0 Å². The first kappa shape index (κ1) is 19.2. The third-order valence-electron chi connectivity index (χ3n) is 3.70. The molecule has 0 aliphatic carbocycles. The molecule has 1 aromatic heterocycles. The van der Waals surface area contributed by atoms with Gasteiger partial charge in [-0.1, -0.05) is 29.4 Å². The molecule has 28 heavy (non-hydrogen) atoms. The molecule has 3 rings (SSSR count). The lowest BCUT2D eigenvalue weighted by molar-refractivity contribution is -0.159. The smallest absolute Gasteiger partial charge is 0.329 e. The Morgan fingerprint density at radius 2 is 1.71 bits per heavy atom. The molecule has 0 fully saturated rings. The maximum Gasteiger partial charge on any atom is 0.471 e. The Hall–Kier alpha value is -3.61. The van der Waals surface area contributed by atoms with Crippen molar-refractivity contribution in [2.75, 3.05) is 0 Å². The molecule has 0 aliphatic heterocycles. The predicted molar refractivity (Wildman–Crippen MR) is 83.8 cm³/mol. The van der Waals surface area contributed by atoms with Gasteiger partial charge in [0, 0.05) is 12.0 Å². The number of hydrogen-bond acceptors (Lipinski definition) is 5. The average Bonchev–Trinajstić information content (AvgIpc) is 3.12. The van der Waals surface area contributed by atoms with Crippen molar-refractivity contribution in [1.82, 2.24) is 10.1 Å². The molecule has 3 aromatic rings. The standard InChI is InChI=1S/C18H8F5N3O2/c19-12-5-10(8-24)6-13(20)15(12)14(27)7-9-1-3-11(4-2-9)16-25-17(28-26-16)18(21,22)23/h1-6H,7H2. The molecule has 0 spiro atoms. The largest absolute Gasteiger partial charge is 0.471 e. The number of aromatic nitrogens is 2. The van der Waals surface area contributed by atoms with Crippen LogP contribution in [0.1, 0.15) is 27.4 Å². The Morgan fingerprint density at radius 3 is 2.21 bits per heavy atom. The lowest BCUT2D eigenvalue weighted by atomic mass is 10.00. The first-order valence-corrected chi connectivity index (χ1v) is 7.61. The van der Waals surface area contributed by atoms with E-state index in [2.05, 4.69) is 14.7 Å². The van der Waals surface area contributed by atoms with Gasteiger partial charge in [0.2, 0.25) is 5.82 Å². The highest BCUT2D eigenvalue weighted by Gasteiger charge is 2.38. The van der Waals surface area contributed by atoms with Gasteiger partial charge in [-0.2, -0.15) is 23.4 Å². The predicted octanol–water partition coefficient (Wildman–Crippen LogP) is 4.33. The molecular formula is C18H8F5N3O2. The van der Waals surface area contributed by atoms with Crippen molar-refractivity contribution in [3.63, 3.8) is 0 Å². The second-order valence-corrected chi connectivity index (χ2v) is 5.64. The fourth-order valence-electron chi connectivity index (χ4n) is 2.41. The summed E-state index contributed by atoms with van der Waals surface area (Å²) in [6, 6.07) is 8.55. The zero-order chi connectivity index (χ0) is 20.5. The number of carbonyl (C=O) groups excluding carboxylic acids is 1. The molecule has 1 heterocycles. The Labute approximate surface area is 154 Å². The highest BCUT2D eigenvalue weighted by molar-refractivity contribution is 5.98. The van der Waals surface area contributed by atoms with Crippen molar-refractivity contribution in [2.45, 2.75) is 12.6 Å². The maximum atomic E-state index is 13.9. The molecule has 142 valence electrons. The van der Waals surface area contributed by atoms with Crippen LogP contribution in [0.5, 0.6) is 0 Å². The van der Waals surface area contributed by atoms with Gasteiger partial charge in [-0.05, 0) is 17.7 Å². The number of ketones is 1. The van der Waals surface area contributed by atoms with Gasteiger partial charge in [-0.3, -0.25) is 4.79 Å². The fraction of sp³-hybridized carbons (Fsp3) is 0.111. The van der Waals surface area contributed by atoms with Crippen LogP contribution in [-0.4, -0.2) is 15.9 Å². The highest BCUT2D eigenvalue weighted by Crippen LogP contribution is 2.29. The topological polar surface area (TPSA) is 79.8 Å². The van der Waals surface area contributed by atoms with Crippen LogP contribution in [0.15, 0.2) is 40.9 Å². The van der Waals surface area contributed by atoms with Crippen molar-refractivity contribution in [1.29, 1.82) is 5.26 Å². The van der Waals surface area contributed by atoms with E-state index < -0.39 is 35.0 Å². The number of nitriles is 1. The molecule has 0 saturated heterocycles. The Morgan fingerprint density at radius 1 is 1.11 bits per heavy atom. The van der Waals surface area contributed by atoms with Gasteiger partial charge in [0.15, 0.2) is 5.78 Å². The molecule has 0 atom stereocenters. The summed E-state index contributed by atoms with van der Waals surface area (Å²) in [5, 5.41) is 11.9. The molecular weight excluding hydrogens is 385 g/mol. The monoisotopic (exact) mass is 393 g/mol. The number of carbonyl (C=O) groups is 1. The minimum Gasteiger partial charge on any atom is -0.329 e. The molecule has 10 heteroatoms.